The van der Waals surface area contributed by atoms with Crippen LogP contribution in [0.5, 0.6) is 0 Å². The maximum absolute atomic E-state index is 10.2. The van der Waals surface area contributed by atoms with E-state index in [1.807, 2.05) is 6.92 Å². The molecule has 1 N–H and O–H groups in total. The van der Waals surface area contributed by atoms with Gasteiger partial charge in [0.25, 0.3) is 0 Å². The number of carboxylic acid groups (broad SMARTS) is 1. The van der Waals surface area contributed by atoms with Gasteiger partial charge in [-0.2, -0.15) is 0 Å². The Balaban J connectivity index is 3.88. The molecule has 0 spiro atoms. The zero-order valence-corrected chi connectivity index (χ0v) is 6.33. The van der Waals surface area contributed by atoms with Crippen LogP contribution in [0.25, 0.3) is 0 Å². The number of aliphatic carboxylic acids is 1. The van der Waals surface area contributed by atoms with E-state index in [-0.39, 0.29) is 0 Å². The van der Waals surface area contributed by atoms with Gasteiger partial charge < -0.3 is 9.94 Å². The summed E-state index contributed by atoms with van der Waals surface area (Å²) >= 11 is 0. The monoisotopic (exact) mass is 159 g/mol. The van der Waals surface area contributed by atoms with Crippen molar-refractivity contribution < 1.29 is 19.5 Å². The molecule has 0 aromatic carbocycles. The molecule has 0 radical (unpaired) electrons. The molecular formula is C6H9NO4. The average Bonchev–Trinajstić information content (AvgIpc) is 1.99. The Labute approximate surface area is 63.6 Å². The molecule has 0 aliphatic carbocycles. The van der Waals surface area contributed by atoms with E-state index < -0.39 is 11.9 Å². The second-order valence-corrected chi connectivity index (χ2v) is 1.86. The minimum Gasteiger partial charge on any atom is -0.473 e. The third-order valence-corrected chi connectivity index (χ3v) is 0.971. The number of carbonyl (C=O) groups excluding carboxylic acids is 1. The molecule has 5 nitrogen and oxygen atoms in total. The quantitative estimate of drug-likeness (QED) is 0.274. The maximum atomic E-state index is 10.2. The smallest absolute Gasteiger partial charge is 0.443 e. The van der Waals surface area contributed by atoms with Gasteiger partial charge in [0.1, 0.15) is 0 Å². The molecule has 0 atom stereocenters. The Kier molecular flexibility index (Phi) is 3.87. The van der Waals surface area contributed by atoms with Gasteiger partial charge in [-0.05, 0) is 13.3 Å². The Hall–Kier alpha value is -1.39. The summed E-state index contributed by atoms with van der Waals surface area (Å²) in [4.78, 5) is 24.1. The van der Waals surface area contributed by atoms with Crippen molar-refractivity contribution in [2.75, 3.05) is 0 Å². The SMILES string of the molecule is CCC(C)=NOC(=O)C(=O)O. The van der Waals surface area contributed by atoms with Crippen LogP contribution in [0.3, 0.4) is 0 Å². The highest BCUT2D eigenvalue weighted by atomic mass is 16.7. The summed E-state index contributed by atoms with van der Waals surface area (Å²) in [6.07, 6.45) is 0.618. The molecule has 0 unspecified atom stereocenters. The van der Waals surface area contributed by atoms with Gasteiger partial charge in [0.2, 0.25) is 0 Å². The minimum atomic E-state index is -1.64. The molecule has 0 heterocycles. The van der Waals surface area contributed by atoms with Crippen molar-refractivity contribution in [1.82, 2.24) is 0 Å². The first kappa shape index (κ1) is 9.61. The number of rotatable bonds is 2. The van der Waals surface area contributed by atoms with Crippen LogP contribution in [0.4, 0.5) is 0 Å². The van der Waals surface area contributed by atoms with Crippen molar-refractivity contribution in [1.29, 1.82) is 0 Å². The average molecular weight is 159 g/mol. The second kappa shape index (κ2) is 4.43. The highest BCUT2D eigenvalue weighted by molar-refractivity contribution is 6.28. The topological polar surface area (TPSA) is 76.0 Å². The molecule has 0 fully saturated rings. The van der Waals surface area contributed by atoms with Crippen LogP contribution in [0.2, 0.25) is 0 Å². The first-order valence-corrected chi connectivity index (χ1v) is 3.05. The van der Waals surface area contributed by atoms with Crippen LogP contribution in [-0.4, -0.2) is 22.8 Å². The fourth-order valence-corrected chi connectivity index (χ4v) is 0.223. The summed E-state index contributed by atoms with van der Waals surface area (Å²) in [6, 6.07) is 0. The van der Waals surface area contributed by atoms with Crippen LogP contribution in [-0.2, 0) is 14.4 Å². The first-order chi connectivity index (χ1) is 5.07. The zero-order chi connectivity index (χ0) is 8.85. The van der Waals surface area contributed by atoms with Crippen molar-refractivity contribution in [3.63, 3.8) is 0 Å². The van der Waals surface area contributed by atoms with Crippen LogP contribution in [0.15, 0.2) is 5.16 Å². The third kappa shape index (κ3) is 4.07. The number of carboxylic acids is 1. The molecule has 0 saturated heterocycles. The van der Waals surface area contributed by atoms with Gasteiger partial charge in [-0.25, -0.2) is 9.59 Å². The van der Waals surface area contributed by atoms with E-state index in [0.29, 0.717) is 12.1 Å². The van der Waals surface area contributed by atoms with Gasteiger partial charge >= 0.3 is 11.9 Å². The van der Waals surface area contributed by atoms with Crippen molar-refractivity contribution in [2.24, 2.45) is 5.16 Å². The van der Waals surface area contributed by atoms with E-state index in [4.69, 9.17) is 5.11 Å². The van der Waals surface area contributed by atoms with Crippen LogP contribution >= 0.6 is 0 Å². The maximum Gasteiger partial charge on any atom is 0.443 e. The van der Waals surface area contributed by atoms with Crippen molar-refractivity contribution in [3.05, 3.63) is 0 Å². The van der Waals surface area contributed by atoms with Crippen molar-refractivity contribution in [3.8, 4) is 0 Å². The molecule has 0 aromatic rings. The lowest BCUT2D eigenvalue weighted by Crippen LogP contribution is -2.14. The zero-order valence-electron chi connectivity index (χ0n) is 6.33. The number of hydrogen-bond acceptors (Lipinski definition) is 4. The highest BCUT2D eigenvalue weighted by Crippen LogP contribution is 1.86. The Morgan fingerprint density at radius 1 is 1.55 bits per heavy atom. The Bertz CT molecular complexity index is 197. The van der Waals surface area contributed by atoms with Gasteiger partial charge in [-0.3, -0.25) is 0 Å². The molecule has 0 aromatic heterocycles. The summed E-state index contributed by atoms with van der Waals surface area (Å²) in [7, 11) is 0. The summed E-state index contributed by atoms with van der Waals surface area (Å²) in [5, 5.41) is 11.3. The van der Waals surface area contributed by atoms with E-state index in [2.05, 4.69) is 9.99 Å². The number of nitrogens with zero attached hydrogens (tertiary/aromatic N) is 1. The molecule has 0 aliphatic heterocycles. The van der Waals surface area contributed by atoms with E-state index in [1.54, 1.807) is 6.92 Å². The fourth-order valence-electron chi connectivity index (χ4n) is 0.223. The van der Waals surface area contributed by atoms with Crippen LogP contribution < -0.4 is 0 Å². The summed E-state index contributed by atoms with van der Waals surface area (Å²) in [6.45, 7) is 3.45. The van der Waals surface area contributed by atoms with Crippen LogP contribution in [0, 0.1) is 0 Å². The summed E-state index contributed by atoms with van der Waals surface area (Å²) in [5.41, 5.74) is 0.569. The van der Waals surface area contributed by atoms with Crippen LogP contribution in [0.1, 0.15) is 20.3 Å². The number of hydrogen-bond donors (Lipinski definition) is 1. The predicted molar refractivity (Wildman–Crippen MR) is 37.1 cm³/mol. The number of carbonyl (C=O) groups is 2. The van der Waals surface area contributed by atoms with E-state index in [1.165, 1.54) is 0 Å². The van der Waals surface area contributed by atoms with E-state index in [0.717, 1.165) is 0 Å². The van der Waals surface area contributed by atoms with Crippen molar-refractivity contribution >= 4 is 17.7 Å². The third-order valence-electron chi connectivity index (χ3n) is 0.971. The summed E-state index contributed by atoms with van der Waals surface area (Å²) < 4.78 is 0. The van der Waals surface area contributed by atoms with Gasteiger partial charge in [-0.15, -0.1) is 0 Å². The molecule has 5 heteroatoms. The molecule has 62 valence electrons. The molecule has 0 aliphatic rings. The van der Waals surface area contributed by atoms with Gasteiger partial charge in [0, 0.05) is 0 Å². The molecule has 0 rings (SSSR count). The first-order valence-electron chi connectivity index (χ1n) is 3.05. The largest absolute Gasteiger partial charge is 0.473 e. The normalized spacial score (nSPS) is 10.9. The second-order valence-electron chi connectivity index (χ2n) is 1.86. The van der Waals surface area contributed by atoms with Gasteiger partial charge in [-0.1, -0.05) is 12.1 Å². The Morgan fingerprint density at radius 2 is 2.09 bits per heavy atom. The molecule has 0 bridgehead atoms. The highest BCUT2D eigenvalue weighted by Gasteiger charge is 2.12. The van der Waals surface area contributed by atoms with Crippen molar-refractivity contribution in [2.45, 2.75) is 20.3 Å². The molecular weight excluding hydrogens is 150 g/mol. The summed E-state index contributed by atoms with van der Waals surface area (Å²) in [5.74, 6) is -3.00. The van der Waals surface area contributed by atoms with Gasteiger partial charge in [0.05, 0.1) is 5.71 Å². The van der Waals surface area contributed by atoms with Gasteiger partial charge in [0.15, 0.2) is 0 Å². The fraction of sp³-hybridized carbons (Fsp3) is 0.500. The number of oxime groups is 1. The lowest BCUT2D eigenvalue weighted by Gasteiger charge is -1.92. The van der Waals surface area contributed by atoms with E-state index >= 15 is 0 Å². The lowest BCUT2D eigenvalue weighted by molar-refractivity contribution is -0.163. The molecule has 0 amide bonds. The standard InChI is InChI=1S/C6H9NO4/c1-3-4(2)7-11-6(10)5(8)9/h3H2,1-2H3,(H,8,9). The predicted octanol–water partition coefficient (Wildman–Crippen LogP) is 0.400. The lowest BCUT2D eigenvalue weighted by atomic mass is 10.3. The molecule has 11 heavy (non-hydrogen) atoms. The molecule has 0 saturated carbocycles. The Morgan fingerprint density at radius 3 is 2.45 bits per heavy atom. The minimum absolute atomic E-state index is 0.569. The van der Waals surface area contributed by atoms with E-state index in [9.17, 15) is 9.59 Å².